The SMILES string of the molecule is CC/C=C(\C=N/C)NC(=O)COc1ccc(F)c(Cl)c1. The van der Waals surface area contributed by atoms with E-state index in [0.29, 0.717) is 11.4 Å². The molecule has 108 valence electrons. The van der Waals surface area contributed by atoms with Crippen LogP contribution < -0.4 is 10.1 Å². The molecule has 0 saturated carbocycles. The average molecular weight is 299 g/mol. The first-order valence-electron chi connectivity index (χ1n) is 6.06. The zero-order valence-corrected chi connectivity index (χ0v) is 12.1. The molecule has 0 saturated heterocycles. The van der Waals surface area contributed by atoms with Crippen molar-refractivity contribution in [3.05, 3.63) is 40.8 Å². The molecular formula is C14H16ClFN2O2. The monoisotopic (exact) mass is 298 g/mol. The Balaban J connectivity index is 2.54. The van der Waals surface area contributed by atoms with Crippen molar-refractivity contribution in [3.8, 4) is 5.75 Å². The summed E-state index contributed by atoms with van der Waals surface area (Å²) in [5.74, 6) is -0.530. The van der Waals surface area contributed by atoms with Gasteiger partial charge in [0.15, 0.2) is 6.61 Å². The van der Waals surface area contributed by atoms with Gasteiger partial charge in [0.05, 0.1) is 10.7 Å². The number of hydrogen-bond acceptors (Lipinski definition) is 3. The van der Waals surface area contributed by atoms with E-state index in [-0.39, 0.29) is 17.5 Å². The van der Waals surface area contributed by atoms with Crippen LogP contribution in [0, 0.1) is 5.82 Å². The summed E-state index contributed by atoms with van der Waals surface area (Å²) < 4.78 is 18.2. The van der Waals surface area contributed by atoms with Crippen molar-refractivity contribution in [2.24, 2.45) is 4.99 Å². The normalized spacial score (nSPS) is 11.7. The summed E-state index contributed by atoms with van der Waals surface area (Å²) in [5, 5.41) is 2.61. The summed E-state index contributed by atoms with van der Waals surface area (Å²) in [6.07, 6.45) is 4.16. The highest BCUT2D eigenvalue weighted by Crippen LogP contribution is 2.20. The first kappa shape index (κ1) is 16.2. The molecule has 1 aromatic carbocycles. The smallest absolute Gasteiger partial charge is 0.262 e. The minimum atomic E-state index is -0.532. The van der Waals surface area contributed by atoms with Crippen LogP contribution in [0.3, 0.4) is 0 Å². The molecule has 0 unspecified atom stereocenters. The van der Waals surface area contributed by atoms with Gasteiger partial charge in [0.1, 0.15) is 11.6 Å². The van der Waals surface area contributed by atoms with Gasteiger partial charge < -0.3 is 10.1 Å². The van der Waals surface area contributed by atoms with E-state index in [9.17, 15) is 9.18 Å². The number of benzene rings is 1. The number of ether oxygens (including phenoxy) is 1. The molecule has 0 fully saturated rings. The van der Waals surface area contributed by atoms with E-state index in [1.165, 1.54) is 18.2 Å². The molecule has 0 spiro atoms. The number of allylic oxidation sites excluding steroid dienone is 2. The topological polar surface area (TPSA) is 50.7 Å². The summed E-state index contributed by atoms with van der Waals surface area (Å²) in [7, 11) is 1.62. The lowest BCUT2D eigenvalue weighted by atomic mass is 10.3. The summed E-state index contributed by atoms with van der Waals surface area (Å²) in [4.78, 5) is 15.5. The second kappa shape index (κ2) is 8.32. The predicted molar refractivity (Wildman–Crippen MR) is 77.8 cm³/mol. The molecule has 1 amide bonds. The Labute approximate surface area is 122 Å². The van der Waals surface area contributed by atoms with Crippen molar-refractivity contribution in [1.82, 2.24) is 5.32 Å². The Morgan fingerprint density at radius 2 is 2.30 bits per heavy atom. The number of nitrogens with zero attached hydrogens (tertiary/aromatic N) is 1. The maximum absolute atomic E-state index is 13.0. The van der Waals surface area contributed by atoms with Crippen molar-refractivity contribution >= 4 is 23.7 Å². The van der Waals surface area contributed by atoms with Crippen LogP contribution in [0.4, 0.5) is 4.39 Å². The van der Waals surface area contributed by atoms with E-state index in [0.717, 1.165) is 6.42 Å². The van der Waals surface area contributed by atoms with Gasteiger partial charge in [-0.15, -0.1) is 0 Å². The highest BCUT2D eigenvalue weighted by atomic mass is 35.5. The number of hydrogen-bond donors (Lipinski definition) is 1. The molecule has 1 aromatic rings. The van der Waals surface area contributed by atoms with Gasteiger partial charge in [-0.05, 0) is 18.6 Å². The van der Waals surface area contributed by atoms with E-state index in [1.807, 2.05) is 13.0 Å². The van der Waals surface area contributed by atoms with E-state index in [1.54, 1.807) is 13.3 Å². The number of aliphatic imine (C=N–C) groups is 1. The first-order chi connectivity index (χ1) is 9.56. The highest BCUT2D eigenvalue weighted by Gasteiger charge is 2.06. The average Bonchev–Trinajstić information content (AvgIpc) is 2.41. The Morgan fingerprint density at radius 1 is 1.55 bits per heavy atom. The summed E-state index contributed by atoms with van der Waals surface area (Å²) >= 11 is 5.61. The Morgan fingerprint density at radius 3 is 2.90 bits per heavy atom. The highest BCUT2D eigenvalue weighted by molar-refractivity contribution is 6.30. The van der Waals surface area contributed by atoms with Crippen molar-refractivity contribution < 1.29 is 13.9 Å². The van der Waals surface area contributed by atoms with E-state index in [4.69, 9.17) is 16.3 Å². The minimum Gasteiger partial charge on any atom is -0.484 e. The largest absolute Gasteiger partial charge is 0.484 e. The summed E-state index contributed by atoms with van der Waals surface area (Å²) in [6.45, 7) is 1.76. The number of halogens is 2. The van der Waals surface area contributed by atoms with Gasteiger partial charge >= 0.3 is 0 Å². The van der Waals surface area contributed by atoms with Gasteiger partial charge in [0, 0.05) is 19.3 Å². The molecule has 0 aliphatic rings. The third-order valence-corrected chi connectivity index (χ3v) is 2.53. The molecule has 0 aromatic heterocycles. The second-order valence-corrected chi connectivity index (χ2v) is 4.27. The molecule has 4 nitrogen and oxygen atoms in total. The van der Waals surface area contributed by atoms with Crippen LogP contribution in [-0.2, 0) is 4.79 Å². The van der Waals surface area contributed by atoms with Crippen molar-refractivity contribution in [3.63, 3.8) is 0 Å². The number of carbonyl (C=O) groups excluding carboxylic acids is 1. The van der Waals surface area contributed by atoms with Gasteiger partial charge in [0.25, 0.3) is 5.91 Å². The Hall–Kier alpha value is -1.88. The van der Waals surface area contributed by atoms with Crippen molar-refractivity contribution in [2.75, 3.05) is 13.7 Å². The lowest BCUT2D eigenvalue weighted by Crippen LogP contribution is -2.29. The van der Waals surface area contributed by atoms with Crippen molar-refractivity contribution in [1.29, 1.82) is 0 Å². The molecule has 0 radical (unpaired) electrons. The van der Waals surface area contributed by atoms with Gasteiger partial charge in [0.2, 0.25) is 0 Å². The first-order valence-corrected chi connectivity index (χ1v) is 6.44. The Bertz CT molecular complexity index is 530. The second-order valence-electron chi connectivity index (χ2n) is 3.87. The van der Waals surface area contributed by atoms with Crippen LogP contribution >= 0.6 is 11.6 Å². The van der Waals surface area contributed by atoms with Crippen molar-refractivity contribution in [2.45, 2.75) is 13.3 Å². The molecule has 0 aliphatic heterocycles. The van der Waals surface area contributed by atoms with Crippen LogP contribution in [0.15, 0.2) is 35.0 Å². The molecular weight excluding hydrogens is 283 g/mol. The van der Waals surface area contributed by atoms with Crippen LogP contribution in [0.5, 0.6) is 5.75 Å². The predicted octanol–water partition coefficient (Wildman–Crippen LogP) is 2.97. The minimum absolute atomic E-state index is 0.0485. The fraction of sp³-hybridized carbons (Fsp3) is 0.286. The number of amides is 1. The van der Waals surface area contributed by atoms with Gasteiger partial charge in [-0.1, -0.05) is 24.6 Å². The molecule has 0 heterocycles. The van der Waals surface area contributed by atoms with Gasteiger partial charge in [-0.25, -0.2) is 4.39 Å². The number of carbonyl (C=O) groups is 1. The fourth-order valence-corrected chi connectivity index (χ4v) is 1.58. The van der Waals surface area contributed by atoms with Gasteiger partial charge in [-0.2, -0.15) is 0 Å². The maximum atomic E-state index is 13.0. The molecule has 0 bridgehead atoms. The lowest BCUT2D eigenvalue weighted by Gasteiger charge is -2.08. The summed E-state index contributed by atoms with van der Waals surface area (Å²) in [6, 6.07) is 3.91. The van der Waals surface area contributed by atoms with Crippen LogP contribution in [0.1, 0.15) is 13.3 Å². The number of nitrogens with one attached hydrogen (secondary N) is 1. The molecule has 0 aliphatic carbocycles. The molecule has 1 rings (SSSR count). The van der Waals surface area contributed by atoms with E-state index < -0.39 is 5.82 Å². The molecule has 0 atom stereocenters. The quantitative estimate of drug-likeness (QED) is 0.821. The third-order valence-electron chi connectivity index (χ3n) is 2.24. The standard InChI is InChI=1S/C14H16ClFN2O2/c1-3-4-10(8-17-2)18-14(19)9-20-11-5-6-13(16)12(15)7-11/h4-8H,3,9H2,1-2H3,(H,18,19)/b10-4+,17-8-. The van der Waals surface area contributed by atoms with E-state index >= 15 is 0 Å². The summed E-state index contributed by atoms with van der Waals surface area (Å²) in [5.41, 5.74) is 0.612. The van der Waals surface area contributed by atoms with E-state index in [2.05, 4.69) is 10.3 Å². The maximum Gasteiger partial charge on any atom is 0.262 e. The van der Waals surface area contributed by atoms with Crippen LogP contribution in [0.2, 0.25) is 5.02 Å². The zero-order chi connectivity index (χ0) is 15.0. The molecule has 6 heteroatoms. The van der Waals surface area contributed by atoms with Crippen LogP contribution in [-0.4, -0.2) is 25.8 Å². The van der Waals surface area contributed by atoms with Crippen LogP contribution in [0.25, 0.3) is 0 Å². The fourth-order valence-electron chi connectivity index (χ4n) is 1.41. The molecule has 20 heavy (non-hydrogen) atoms. The zero-order valence-electron chi connectivity index (χ0n) is 11.3. The lowest BCUT2D eigenvalue weighted by molar-refractivity contribution is -0.122. The third kappa shape index (κ3) is 5.40. The number of rotatable bonds is 6. The Kier molecular flexibility index (Phi) is 6.73. The molecule has 1 N–H and O–H groups in total. The van der Waals surface area contributed by atoms with Gasteiger partial charge in [-0.3, -0.25) is 9.79 Å².